The molecular weight excluding hydrogens is 419 g/mol. The van der Waals surface area contributed by atoms with Crippen molar-refractivity contribution >= 4 is 22.1 Å². The monoisotopic (exact) mass is 436 g/mol. The number of nitrogens with one attached hydrogen (secondary N) is 2. The van der Waals surface area contributed by atoms with Gasteiger partial charge in [0.15, 0.2) is 0 Å². The Kier molecular flexibility index (Phi) is 4.36. The normalized spacial score (nSPS) is 11.3. The second kappa shape index (κ2) is 7.52. The molecule has 0 fully saturated rings. The van der Waals surface area contributed by atoms with Crippen molar-refractivity contribution in [3.05, 3.63) is 79.0 Å². The van der Waals surface area contributed by atoms with E-state index in [2.05, 4.69) is 25.1 Å². The molecule has 8 heteroatoms. The fourth-order valence-corrected chi connectivity index (χ4v) is 3.98. The number of methoxy groups -OCH3 is 1. The van der Waals surface area contributed by atoms with Gasteiger partial charge >= 0.3 is 0 Å². The molecule has 0 aliphatic heterocycles. The molecule has 7 nitrogen and oxygen atoms in total. The second-order valence-electron chi connectivity index (χ2n) is 7.59. The van der Waals surface area contributed by atoms with Gasteiger partial charge in [-0.1, -0.05) is 12.1 Å². The van der Waals surface area contributed by atoms with Crippen molar-refractivity contribution in [1.82, 2.24) is 30.1 Å². The molecule has 0 spiro atoms. The van der Waals surface area contributed by atoms with E-state index in [0.717, 1.165) is 39.0 Å². The highest BCUT2D eigenvalue weighted by Gasteiger charge is 2.16. The molecule has 0 saturated carbocycles. The molecule has 6 aromatic rings. The highest BCUT2D eigenvalue weighted by molar-refractivity contribution is 5.99. The highest BCUT2D eigenvalue weighted by Crippen LogP contribution is 2.33. The van der Waals surface area contributed by atoms with Gasteiger partial charge in [0.05, 0.1) is 30.2 Å². The first-order valence-electron chi connectivity index (χ1n) is 10.3. The van der Waals surface area contributed by atoms with E-state index in [1.54, 1.807) is 31.8 Å². The largest absolute Gasteiger partial charge is 0.495 e. The number of fused-ring (bicyclic) bond motifs is 2. The summed E-state index contributed by atoms with van der Waals surface area (Å²) in [4.78, 5) is 16.9. The Morgan fingerprint density at radius 1 is 0.970 bits per heavy atom. The Hall–Kier alpha value is -4.59. The Balaban J connectivity index is 1.49. The minimum Gasteiger partial charge on any atom is -0.495 e. The van der Waals surface area contributed by atoms with E-state index in [4.69, 9.17) is 9.72 Å². The summed E-state index contributed by atoms with van der Waals surface area (Å²) in [6, 6.07) is 16.1. The molecule has 160 valence electrons. The third-order valence-electron chi connectivity index (χ3n) is 5.57. The van der Waals surface area contributed by atoms with Crippen molar-refractivity contribution in [2.45, 2.75) is 0 Å². The molecule has 1 aromatic carbocycles. The molecule has 6 rings (SSSR count). The van der Waals surface area contributed by atoms with Crippen LogP contribution in [0.1, 0.15) is 0 Å². The van der Waals surface area contributed by atoms with Gasteiger partial charge in [0.2, 0.25) is 0 Å². The third-order valence-corrected chi connectivity index (χ3v) is 5.57. The van der Waals surface area contributed by atoms with Crippen LogP contribution in [-0.2, 0) is 0 Å². The Morgan fingerprint density at radius 2 is 1.91 bits per heavy atom. The van der Waals surface area contributed by atoms with Crippen LogP contribution in [0.3, 0.4) is 0 Å². The van der Waals surface area contributed by atoms with E-state index in [-0.39, 0.29) is 5.82 Å². The topological polar surface area (TPSA) is 92.4 Å². The zero-order valence-electron chi connectivity index (χ0n) is 17.5. The van der Waals surface area contributed by atoms with Crippen LogP contribution in [0.4, 0.5) is 4.39 Å². The number of hydrogen-bond donors (Lipinski definition) is 2. The predicted molar refractivity (Wildman–Crippen MR) is 124 cm³/mol. The van der Waals surface area contributed by atoms with Crippen LogP contribution in [0.25, 0.3) is 55.8 Å². The fraction of sp³-hybridized carbons (Fsp3) is 0.0400. The van der Waals surface area contributed by atoms with Crippen LogP contribution in [0.2, 0.25) is 0 Å². The Bertz CT molecular complexity index is 1640. The molecular formula is C25H17FN6O. The van der Waals surface area contributed by atoms with Gasteiger partial charge in [0.25, 0.3) is 0 Å². The predicted octanol–water partition coefficient (Wildman–Crippen LogP) is 5.38. The van der Waals surface area contributed by atoms with Gasteiger partial charge in [0.1, 0.15) is 28.4 Å². The van der Waals surface area contributed by atoms with Gasteiger partial charge in [-0.15, -0.1) is 0 Å². The number of hydrogen-bond acceptors (Lipinski definition) is 5. The number of rotatable bonds is 4. The van der Waals surface area contributed by atoms with Crippen molar-refractivity contribution < 1.29 is 9.13 Å². The summed E-state index contributed by atoms with van der Waals surface area (Å²) in [6.45, 7) is 0. The standard InChI is InChI=1S/C25H17FN6O/c1-33-17-10-15(12-27-13-17)20-5-6-21-23(29-20)24(32-31-21)22-11-19-18(7-8-28-25(19)30-22)14-3-2-4-16(26)9-14/h2-13H,1H3,(H,28,30)(H,31,32). The van der Waals surface area contributed by atoms with E-state index in [1.165, 1.54) is 12.1 Å². The van der Waals surface area contributed by atoms with E-state index >= 15 is 0 Å². The van der Waals surface area contributed by atoms with Gasteiger partial charge in [0, 0.05) is 23.3 Å². The molecule has 0 unspecified atom stereocenters. The number of aromatic nitrogens is 6. The fourth-order valence-electron chi connectivity index (χ4n) is 3.98. The molecule has 0 atom stereocenters. The zero-order valence-corrected chi connectivity index (χ0v) is 17.5. The molecule has 0 amide bonds. The lowest BCUT2D eigenvalue weighted by molar-refractivity contribution is 0.413. The summed E-state index contributed by atoms with van der Waals surface area (Å²) in [5, 5.41) is 8.42. The summed E-state index contributed by atoms with van der Waals surface area (Å²) in [6.07, 6.45) is 5.10. The van der Waals surface area contributed by atoms with E-state index in [1.807, 2.05) is 36.4 Å². The lowest BCUT2D eigenvalue weighted by Gasteiger charge is -2.04. The maximum absolute atomic E-state index is 13.8. The zero-order chi connectivity index (χ0) is 22.4. The van der Waals surface area contributed by atoms with E-state index in [0.29, 0.717) is 22.6 Å². The first-order chi connectivity index (χ1) is 16.2. The number of ether oxygens (including phenoxy) is 1. The second-order valence-corrected chi connectivity index (χ2v) is 7.59. The maximum Gasteiger partial charge on any atom is 0.138 e. The minimum atomic E-state index is -0.282. The van der Waals surface area contributed by atoms with Crippen molar-refractivity contribution in [2.24, 2.45) is 0 Å². The summed E-state index contributed by atoms with van der Waals surface area (Å²) >= 11 is 0. The number of aromatic amines is 2. The van der Waals surface area contributed by atoms with Crippen molar-refractivity contribution in [2.75, 3.05) is 7.11 Å². The summed E-state index contributed by atoms with van der Waals surface area (Å²) < 4.78 is 19.1. The number of benzene rings is 1. The number of H-pyrrole nitrogens is 2. The Morgan fingerprint density at radius 3 is 2.79 bits per heavy atom. The molecule has 33 heavy (non-hydrogen) atoms. The van der Waals surface area contributed by atoms with Crippen LogP contribution in [-0.4, -0.2) is 37.2 Å². The van der Waals surface area contributed by atoms with Crippen molar-refractivity contribution in [3.8, 4) is 39.5 Å². The summed E-state index contributed by atoms with van der Waals surface area (Å²) in [5.41, 5.74) is 6.92. The summed E-state index contributed by atoms with van der Waals surface area (Å²) in [5.74, 6) is 0.378. The Labute approximate surface area is 187 Å². The van der Waals surface area contributed by atoms with Crippen LogP contribution in [0, 0.1) is 5.82 Å². The van der Waals surface area contributed by atoms with Gasteiger partial charge in [-0.25, -0.2) is 14.4 Å². The number of pyridine rings is 3. The number of nitrogens with zero attached hydrogens (tertiary/aromatic N) is 4. The average Bonchev–Trinajstić information content (AvgIpc) is 3.47. The van der Waals surface area contributed by atoms with Gasteiger partial charge in [-0.3, -0.25) is 10.1 Å². The third kappa shape index (κ3) is 3.28. The molecule has 5 aromatic heterocycles. The molecule has 0 aliphatic rings. The molecule has 5 heterocycles. The lowest BCUT2D eigenvalue weighted by atomic mass is 10.0. The molecule has 2 N–H and O–H groups in total. The van der Waals surface area contributed by atoms with Crippen LogP contribution in [0.5, 0.6) is 5.75 Å². The van der Waals surface area contributed by atoms with Crippen molar-refractivity contribution in [1.29, 1.82) is 0 Å². The SMILES string of the molecule is COc1cncc(-c2ccc3[nH]nc(-c4cc5c(-c6cccc(F)c6)ccnc5[nH]4)c3n2)c1. The highest BCUT2D eigenvalue weighted by atomic mass is 19.1. The van der Waals surface area contributed by atoms with Crippen LogP contribution >= 0.6 is 0 Å². The maximum atomic E-state index is 13.8. The van der Waals surface area contributed by atoms with Gasteiger partial charge in [-0.05, 0) is 53.6 Å². The first-order valence-corrected chi connectivity index (χ1v) is 10.3. The molecule has 0 radical (unpaired) electrons. The van der Waals surface area contributed by atoms with Gasteiger partial charge < -0.3 is 9.72 Å². The summed E-state index contributed by atoms with van der Waals surface area (Å²) in [7, 11) is 1.60. The van der Waals surface area contributed by atoms with E-state index in [9.17, 15) is 4.39 Å². The lowest BCUT2D eigenvalue weighted by Crippen LogP contribution is -1.89. The quantitative estimate of drug-likeness (QED) is 0.387. The average molecular weight is 436 g/mol. The number of halogens is 1. The molecule has 0 saturated heterocycles. The van der Waals surface area contributed by atoms with Crippen LogP contribution in [0.15, 0.2) is 73.2 Å². The van der Waals surface area contributed by atoms with Crippen molar-refractivity contribution in [3.63, 3.8) is 0 Å². The van der Waals surface area contributed by atoms with Crippen LogP contribution < -0.4 is 4.74 Å². The minimum absolute atomic E-state index is 0.282. The molecule has 0 aliphatic carbocycles. The van der Waals surface area contributed by atoms with E-state index < -0.39 is 0 Å². The molecule has 0 bridgehead atoms. The smallest absolute Gasteiger partial charge is 0.138 e. The van der Waals surface area contributed by atoms with Gasteiger partial charge in [-0.2, -0.15) is 5.10 Å². The first kappa shape index (κ1) is 19.1.